The Balaban J connectivity index is 1.56. The molecule has 0 radical (unpaired) electrons. The molecule has 1 atom stereocenters. The first-order valence-corrected chi connectivity index (χ1v) is 11.4. The molecule has 0 fully saturated rings. The number of amides is 1. The van der Waals surface area contributed by atoms with Gasteiger partial charge in [-0.15, -0.1) is 0 Å². The SMILES string of the molecule is CCN1c2cc(OC)c(/C=N/NC(=O)c3cccc(-n4cccc4)c3)cc2C(C)CC1(C)C. The van der Waals surface area contributed by atoms with Gasteiger partial charge in [0.05, 0.1) is 13.3 Å². The van der Waals surface area contributed by atoms with Crippen LogP contribution < -0.4 is 15.1 Å². The molecular weight excluding hydrogens is 412 g/mol. The third kappa shape index (κ3) is 4.51. The first-order chi connectivity index (χ1) is 15.8. The number of benzene rings is 2. The minimum atomic E-state index is -0.260. The molecule has 172 valence electrons. The van der Waals surface area contributed by atoms with Crippen molar-refractivity contribution in [1.29, 1.82) is 0 Å². The van der Waals surface area contributed by atoms with Crippen LogP contribution in [0.4, 0.5) is 5.69 Å². The number of nitrogens with one attached hydrogen (secondary N) is 1. The molecule has 1 aliphatic heterocycles. The number of aromatic nitrogens is 1. The number of anilines is 1. The Bertz CT molecular complexity index is 1160. The van der Waals surface area contributed by atoms with E-state index in [1.807, 2.05) is 47.3 Å². The van der Waals surface area contributed by atoms with Gasteiger partial charge in [0.2, 0.25) is 0 Å². The van der Waals surface area contributed by atoms with Crippen LogP contribution in [0, 0.1) is 0 Å². The quantitative estimate of drug-likeness (QED) is 0.411. The number of carbonyl (C=O) groups excluding carboxylic acids is 1. The van der Waals surface area contributed by atoms with Crippen molar-refractivity contribution in [2.75, 3.05) is 18.6 Å². The smallest absolute Gasteiger partial charge is 0.271 e. The Kier molecular flexibility index (Phi) is 6.27. The van der Waals surface area contributed by atoms with Crippen LogP contribution in [-0.4, -0.2) is 35.9 Å². The maximum absolute atomic E-state index is 12.7. The molecule has 3 aromatic rings. The number of nitrogens with zero attached hydrogens (tertiary/aromatic N) is 3. The van der Waals surface area contributed by atoms with E-state index in [2.05, 4.69) is 55.3 Å². The van der Waals surface area contributed by atoms with E-state index in [9.17, 15) is 4.79 Å². The number of hydrogen-bond donors (Lipinski definition) is 1. The molecule has 6 nitrogen and oxygen atoms in total. The largest absolute Gasteiger partial charge is 0.496 e. The molecule has 2 aromatic carbocycles. The number of rotatable bonds is 6. The molecule has 0 saturated heterocycles. The van der Waals surface area contributed by atoms with Gasteiger partial charge in [0.1, 0.15) is 5.75 Å². The highest BCUT2D eigenvalue weighted by molar-refractivity contribution is 5.95. The summed E-state index contributed by atoms with van der Waals surface area (Å²) in [5.74, 6) is 0.899. The van der Waals surface area contributed by atoms with Crippen molar-refractivity contribution >= 4 is 17.8 Å². The van der Waals surface area contributed by atoms with Gasteiger partial charge in [0.25, 0.3) is 5.91 Å². The van der Waals surface area contributed by atoms with E-state index in [4.69, 9.17) is 4.74 Å². The van der Waals surface area contributed by atoms with Crippen molar-refractivity contribution in [3.63, 3.8) is 0 Å². The Labute approximate surface area is 195 Å². The average Bonchev–Trinajstić information content (AvgIpc) is 3.34. The lowest BCUT2D eigenvalue weighted by molar-refractivity contribution is 0.0955. The second-order valence-corrected chi connectivity index (χ2v) is 9.15. The van der Waals surface area contributed by atoms with Crippen molar-refractivity contribution in [1.82, 2.24) is 9.99 Å². The van der Waals surface area contributed by atoms with Crippen LogP contribution in [0.1, 0.15) is 61.5 Å². The van der Waals surface area contributed by atoms with Gasteiger partial charge in [-0.1, -0.05) is 13.0 Å². The fraction of sp³-hybridized carbons (Fsp3) is 0.333. The van der Waals surface area contributed by atoms with Crippen LogP contribution >= 0.6 is 0 Å². The van der Waals surface area contributed by atoms with Gasteiger partial charge in [-0.3, -0.25) is 4.79 Å². The zero-order valence-corrected chi connectivity index (χ0v) is 20.0. The molecule has 33 heavy (non-hydrogen) atoms. The third-order valence-electron chi connectivity index (χ3n) is 6.43. The number of hydrazone groups is 1. The van der Waals surface area contributed by atoms with Crippen LogP contribution in [-0.2, 0) is 0 Å². The minimum Gasteiger partial charge on any atom is -0.496 e. The topological polar surface area (TPSA) is 58.9 Å². The van der Waals surface area contributed by atoms with Crippen molar-refractivity contribution in [3.05, 3.63) is 77.6 Å². The van der Waals surface area contributed by atoms with Gasteiger partial charge in [-0.05, 0) is 75.1 Å². The van der Waals surface area contributed by atoms with E-state index in [-0.39, 0.29) is 11.4 Å². The normalized spacial score (nSPS) is 17.1. The number of ether oxygens (including phenoxy) is 1. The minimum absolute atomic E-state index is 0.0882. The molecular formula is C27H32N4O2. The van der Waals surface area contributed by atoms with E-state index in [0.29, 0.717) is 11.5 Å². The number of fused-ring (bicyclic) bond motifs is 1. The molecule has 1 N–H and O–H groups in total. The molecule has 0 bridgehead atoms. The molecule has 6 heteroatoms. The second-order valence-electron chi connectivity index (χ2n) is 9.15. The lowest BCUT2D eigenvalue weighted by Crippen LogP contribution is -2.48. The van der Waals surface area contributed by atoms with Crippen LogP contribution in [0.2, 0.25) is 0 Å². The Hall–Kier alpha value is -3.54. The highest BCUT2D eigenvalue weighted by Crippen LogP contribution is 2.45. The summed E-state index contributed by atoms with van der Waals surface area (Å²) in [6, 6.07) is 15.6. The van der Waals surface area contributed by atoms with Gasteiger partial charge in [0.15, 0.2) is 0 Å². The molecule has 0 aliphatic carbocycles. The lowest BCUT2D eigenvalue weighted by atomic mass is 9.79. The summed E-state index contributed by atoms with van der Waals surface area (Å²) in [5, 5.41) is 4.24. The van der Waals surface area contributed by atoms with Gasteiger partial charge < -0.3 is 14.2 Å². The maximum atomic E-state index is 12.7. The van der Waals surface area contributed by atoms with Crippen molar-refractivity contribution < 1.29 is 9.53 Å². The zero-order chi connectivity index (χ0) is 23.6. The van der Waals surface area contributed by atoms with Crippen molar-refractivity contribution in [2.24, 2.45) is 5.10 Å². The molecule has 1 aromatic heterocycles. The number of carbonyl (C=O) groups is 1. The summed E-state index contributed by atoms with van der Waals surface area (Å²) in [5.41, 5.74) is 7.55. The third-order valence-corrected chi connectivity index (χ3v) is 6.43. The van der Waals surface area contributed by atoms with Gasteiger partial charge >= 0.3 is 0 Å². The summed E-state index contributed by atoms with van der Waals surface area (Å²) in [4.78, 5) is 15.1. The van der Waals surface area contributed by atoms with E-state index in [0.717, 1.165) is 30.0 Å². The number of hydrogen-bond acceptors (Lipinski definition) is 4. The van der Waals surface area contributed by atoms with Crippen LogP contribution in [0.3, 0.4) is 0 Å². The Morgan fingerprint density at radius 1 is 1.21 bits per heavy atom. The average molecular weight is 445 g/mol. The molecule has 4 rings (SSSR count). The van der Waals surface area contributed by atoms with E-state index < -0.39 is 0 Å². The Morgan fingerprint density at radius 3 is 2.67 bits per heavy atom. The van der Waals surface area contributed by atoms with E-state index in [1.165, 1.54) is 11.3 Å². The molecule has 1 aliphatic rings. The van der Waals surface area contributed by atoms with Gasteiger partial charge in [0, 0.05) is 53.0 Å². The molecule has 2 heterocycles. The van der Waals surface area contributed by atoms with Crippen molar-refractivity contribution in [3.8, 4) is 11.4 Å². The summed E-state index contributed by atoms with van der Waals surface area (Å²) < 4.78 is 7.63. The second kappa shape index (κ2) is 9.14. The lowest BCUT2D eigenvalue weighted by Gasteiger charge is -2.47. The summed E-state index contributed by atoms with van der Waals surface area (Å²) in [7, 11) is 1.66. The van der Waals surface area contributed by atoms with E-state index >= 15 is 0 Å². The van der Waals surface area contributed by atoms with Crippen LogP contribution in [0.25, 0.3) is 5.69 Å². The first kappa shape index (κ1) is 22.6. The van der Waals surface area contributed by atoms with E-state index in [1.54, 1.807) is 19.4 Å². The molecule has 0 spiro atoms. The molecule has 1 amide bonds. The predicted octanol–water partition coefficient (Wildman–Crippen LogP) is 5.36. The fourth-order valence-corrected chi connectivity index (χ4v) is 4.94. The molecule has 1 unspecified atom stereocenters. The predicted molar refractivity (Wildman–Crippen MR) is 134 cm³/mol. The zero-order valence-electron chi connectivity index (χ0n) is 20.0. The monoisotopic (exact) mass is 444 g/mol. The number of methoxy groups -OCH3 is 1. The van der Waals surface area contributed by atoms with Gasteiger partial charge in [-0.25, -0.2) is 5.43 Å². The fourth-order valence-electron chi connectivity index (χ4n) is 4.94. The van der Waals surface area contributed by atoms with Gasteiger partial charge in [-0.2, -0.15) is 5.10 Å². The Morgan fingerprint density at radius 2 is 1.97 bits per heavy atom. The highest BCUT2D eigenvalue weighted by atomic mass is 16.5. The molecule has 0 saturated carbocycles. The standard InChI is InChI=1S/C27H32N4O2/c1-6-31-24-16-25(33-5)21(15-23(24)19(2)17-27(31,3)4)18-28-29-26(32)20-10-9-11-22(14-20)30-12-7-8-13-30/h7-16,18-19H,6,17H2,1-5H3,(H,29,32)/b28-18+. The van der Waals surface area contributed by atoms with Crippen LogP contribution in [0.15, 0.2) is 66.0 Å². The highest BCUT2D eigenvalue weighted by Gasteiger charge is 2.36. The van der Waals surface area contributed by atoms with Crippen molar-refractivity contribution in [2.45, 2.75) is 45.6 Å². The summed E-state index contributed by atoms with van der Waals surface area (Å²) >= 11 is 0. The van der Waals surface area contributed by atoms with Crippen LogP contribution in [0.5, 0.6) is 5.75 Å². The first-order valence-electron chi connectivity index (χ1n) is 11.4. The summed E-state index contributed by atoms with van der Waals surface area (Å²) in [6.45, 7) is 9.96. The summed E-state index contributed by atoms with van der Waals surface area (Å²) in [6.07, 6.45) is 6.62. The maximum Gasteiger partial charge on any atom is 0.271 e.